The summed E-state index contributed by atoms with van der Waals surface area (Å²) in [6.45, 7) is 8.50. The monoisotopic (exact) mass is 558 g/mol. The van der Waals surface area contributed by atoms with Crippen molar-refractivity contribution < 1.29 is 13.9 Å². The van der Waals surface area contributed by atoms with Crippen molar-refractivity contribution in [3.05, 3.63) is 65.9 Å². The number of aromatic amines is 1. The Bertz CT molecular complexity index is 1540. The Morgan fingerprint density at radius 2 is 1.61 bits per heavy atom. The van der Waals surface area contributed by atoms with Crippen LogP contribution in [0.5, 0.6) is 11.6 Å². The highest BCUT2D eigenvalue weighted by molar-refractivity contribution is 6.01. The van der Waals surface area contributed by atoms with Gasteiger partial charge in [-0.05, 0) is 63.5 Å². The third-order valence-corrected chi connectivity index (χ3v) is 7.86. The Hall–Kier alpha value is -4.22. The smallest absolute Gasteiger partial charge is 0.263 e. The fourth-order valence-corrected chi connectivity index (χ4v) is 5.33. The van der Waals surface area contributed by atoms with Crippen LogP contribution in [0.1, 0.15) is 16.1 Å². The molecule has 214 valence electrons. The van der Waals surface area contributed by atoms with Crippen molar-refractivity contribution in [1.29, 1.82) is 0 Å². The molecule has 0 saturated carbocycles. The van der Waals surface area contributed by atoms with Crippen molar-refractivity contribution in [2.75, 3.05) is 76.7 Å². The predicted molar refractivity (Wildman–Crippen MR) is 158 cm³/mol. The van der Waals surface area contributed by atoms with E-state index in [0.29, 0.717) is 29.8 Å². The topological polar surface area (TPSA) is 92.9 Å². The zero-order valence-electron chi connectivity index (χ0n) is 23.7. The lowest BCUT2D eigenvalue weighted by Gasteiger charge is -2.34. The maximum atomic E-state index is 15.4. The minimum atomic E-state index is -0.516. The third-order valence-electron chi connectivity index (χ3n) is 7.86. The Labute approximate surface area is 238 Å². The molecule has 2 aliphatic rings. The fourth-order valence-electron chi connectivity index (χ4n) is 5.33. The summed E-state index contributed by atoms with van der Waals surface area (Å²) < 4.78 is 21.5. The van der Waals surface area contributed by atoms with Gasteiger partial charge in [0.1, 0.15) is 11.9 Å². The fraction of sp³-hybridized carbons (Fsp3) is 0.367. The first-order valence-corrected chi connectivity index (χ1v) is 13.9. The van der Waals surface area contributed by atoms with Crippen LogP contribution in [-0.4, -0.2) is 102 Å². The Morgan fingerprint density at radius 3 is 2.32 bits per heavy atom. The number of nitrogens with zero attached hydrogens (tertiary/aromatic N) is 6. The first-order chi connectivity index (χ1) is 19.9. The van der Waals surface area contributed by atoms with E-state index in [9.17, 15) is 4.79 Å². The molecule has 10 nitrogen and oxygen atoms in total. The van der Waals surface area contributed by atoms with E-state index >= 15 is 4.39 Å². The number of piperazine rings is 2. The highest BCUT2D eigenvalue weighted by Crippen LogP contribution is 2.34. The summed E-state index contributed by atoms with van der Waals surface area (Å²) in [7, 11) is 4.17. The van der Waals surface area contributed by atoms with Gasteiger partial charge in [0, 0.05) is 80.3 Å². The third kappa shape index (κ3) is 5.68. The van der Waals surface area contributed by atoms with Gasteiger partial charge in [0.25, 0.3) is 5.91 Å². The molecule has 2 saturated heterocycles. The number of hydrogen-bond acceptors (Lipinski definition) is 8. The van der Waals surface area contributed by atoms with Gasteiger partial charge in [0.15, 0.2) is 17.4 Å². The number of hydrogen-bond donors (Lipinski definition) is 2. The number of amides is 1. The number of H-pyrrole nitrogens is 1. The lowest BCUT2D eigenvalue weighted by molar-refractivity contribution is 0.0661. The first kappa shape index (κ1) is 27.0. The number of fused-ring (bicyclic) bond motifs is 1. The molecule has 11 heteroatoms. The summed E-state index contributed by atoms with van der Waals surface area (Å²) in [6, 6.07) is 13.1. The standard InChI is InChI=1S/C30H35FN8O2/c1-20-18-23-24(34-20)8-9-25(27(23)31)41-29-26(30(40)39-16-12-37(3)13-17-39)28(32-19-33-29)35-21-4-6-22(7-5-21)38-14-10-36(2)11-15-38/h4-9,18-19,34H,10-17H2,1-3H3,(H,32,33,35). The molecule has 2 aliphatic heterocycles. The van der Waals surface area contributed by atoms with Crippen LogP contribution < -0.4 is 15.0 Å². The molecule has 0 atom stereocenters. The number of benzene rings is 2. The normalized spacial score (nSPS) is 16.8. The number of nitrogens with one attached hydrogen (secondary N) is 2. The summed E-state index contributed by atoms with van der Waals surface area (Å²) in [4.78, 5) is 34.4. The number of halogens is 1. The molecule has 0 radical (unpaired) electrons. The molecule has 2 fully saturated rings. The number of ether oxygens (including phenoxy) is 1. The maximum absolute atomic E-state index is 15.4. The van der Waals surface area contributed by atoms with Gasteiger partial charge in [-0.2, -0.15) is 0 Å². The number of rotatable bonds is 6. The molecule has 4 heterocycles. The van der Waals surface area contributed by atoms with E-state index < -0.39 is 5.82 Å². The van der Waals surface area contributed by atoms with Crippen molar-refractivity contribution in [2.24, 2.45) is 0 Å². The van der Waals surface area contributed by atoms with Gasteiger partial charge in [0.05, 0.1) is 0 Å². The number of aryl methyl sites for hydroxylation is 1. The Kier molecular flexibility index (Phi) is 7.46. The predicted octanol–water partition coefficient (Wildman–Crippen LogP) is 4.08. The van der Waals surface area contributed by atoms with Gasteiger partial charge in [0.2, 0.25) is 5.88 Å². The minimum Gasteiger partial charge on any atom is -0.435 e. The van der Waals surface area contributed by atoms with Crippen LogP contribution >= 0.6 is 0 Å². The van der Waals surface area contributed by atoms with Crippen LogP contribution in [0.4, 0.5) is 21.6 Å². The number of carbonyl (C=O) groups is 1. The van der Waals surface area contributed by atoms with Gasteiger partial charge in [-0.3, -0.25) is 4.79 Å². The minimum absolute atomic E-state index is 0.00555. The van der Waals surface area contributed by atoms with Crippen molar-refractivity contribution in [3.63, 3.8) is 0 Å². The SMILES string of the molecule is Cc1cc2c(F)c(Oc3ncnc(Nc4ccc(N5CCN(C)CC5)cc4)c3C(=O)N3CCN(C)CC3)ccc2[nH]1. The molecular weight excluding hydrogens is 523 g/mol. The summed E-state index contributed by atoms with van der Waals surface area (Å²) in [6.07, 6.45) is 1.33. The molecule has 1 amide bonds. The summed E-state index contributed by atoms with van der Waals surface area (Å²) in [5.41, 5.74) is 3.61. The van der Waals surface area contributed by atoms with Gasteiger partial charge in [-0.15, -0.1) is 0 Å². The van der Waals surface area contributed by atoms with Gasteiger partial charge in [-0.25, -0.2) is 14.4 Å². The molecule has 0 spiro atoms. The van der Waals surface area contributed by atoms with E-state index in [0.717, 1.165) is 56.3 Å². The Balaban J connectivity index is 1.32. The molecule has 0 aliphatic carbocycles. The zero-order valence-corrected chi connectivity index (χ0v) is 23.7. The van der Waals surface area contributed by atoms with E-state index in [2.05, 4.69) is 54.1 Å². The maximum Gasteiger partial charge on any atom is 0.263 e. The van der Waals surface area contributed by atoms with E-state index in [-0.39, 0.29) is 23.1 Å². The van der Waals surface area contributed by atoms with E-state index in [1.165, 1.54) is 6.33 Å². The van der Waals surface area contributed by atoms with Crippen molar-refractivity contribution in [2.45, 2.75) is 6.92 Å². The van der Waals surface area contributed by atoms with E-state index in [1.807, 2.05) is 26.1 Å². The van der Waals surface area contributed by atoms with Gasteiger partial charge in [-0.1, -0.05) is 0 Å². The van der Waals surface area contributed by atoms with Crippen LogP contribution in [0, 0.1) is 12.7 Å². The van der Waals surface area contributed by atoms with Gasteiger partial charge < -0.3 is 34.6 Å². The molecule has 0 bridgehead atoms. The van der Waals surface area contributed by atoms with E-state index in [1.54, 1.807) is 23.1 Å². The van der Waals surface area contributed by atoms with Gasteiger partial charge >= 0.3 is 0 Å². The first-order valence-electron chi connectivity index (χ1n) is 13.9. The molecule has 6 rings (SSSR count). The number of anilines is 3. The molecule has 2 aromatic heterocycles. The van der Waals surface area contributed by atoms with Crippen LogP contribution in [0.2, 0.25) is 0 Å². The second-order valence-electron chi connectivity index (χ2n) is 10.9. The molecule has 4 aromatic rings. The van der Waals surface area contributed by atoms with Crippen LogP contribution in [0.3, 0.4) is 0 Å². The quantitative estimate of drug-likeness (QED) is 0.366. The number of aromatic nitrogens is 3. The highest BCUT2D eigenvalue weighted by atomic mass is 19.1. The van der Waals surface area contributed by atoms with Crippen LogP contribution in [0.15, 0.2) is 48.8 Å². The number of carbonyl (C=O) groups excluding carboxylic acids is 1. The molecule has 2 N–H and O–H groups in total. The number of likely N-dealkylation sites (N-methyl/N-ethyl adjacent to an activating group) is 2. The zero-order chi connectivity index (χ0) is 28.5. The second-order valence-corrected chi connectivity index (χ2v) is 10.9. The van der Waals surface area contributed by atoms with Crippen LogP contribution in [-0.2, 0) is 0 Å². The largest absolute Gasteiger partial charge is 0.435 e. The second kappa shape index (κ2) is 11.3. The average Bonchev–Trinajstić information content (AvgIpc) is 3.37. The average molecular weight is 559 g/mol. The molecule has 2 aromatic carbocycles. The lowest BCUT2D eigenvalue weighted by atomic mass is 10.2. The summed E-state index contributed by atoms with van der Waals surface area (Å²) >= 11 is 0. The van der Waals surface area contributed by atoms with Crippen molar-refractivity contribution in [3.8, 4) is 11.6 Å². The van der Waals surface area contributed by atoms with Crippen molar-refractivity contribution in [1.82, 2.24) is 29.7 Å². The van der Waals surface area contributed by atoms with E-state index in [4.69, 9.17) is 4.74 Å². The van der Waals surface area contributed by atoms with Crippen molar-refractivity contribution >= 4 is 34.0 Å². The highest BCUT2D eigenvalue weighted by Gasteiger charge is 2.29. The summed E-state index contributed by atoms with van der Waals surface area (Å²) in [5.74, 6) is -0.469. The lowest BCUT2D eigenvalue weighted by Crippen LogP contribution is -2.47. The Morgan fingerprint density at radius 1 is 0.927 bits per heavy atom. The summed E-state index contributed by atoms with van der Waals surface area (Å²) in [5, 5.41) is 3.71. The molecule has 0 unspecified atom stereocenters. The molecule has 41 heavy (non-hydrogen) atoms. The van der Waals surface area contributed by atoms with Crippen LogP contribution in [0.25, 0.3) is 10.9 Å². The molecular formula is C30H35FN8O2.